The van der Waals surface area contributed by atoms with Crippen LogP contribution in [0, 0.1) is 13.8 Å². The number of thioether (sulfide) groups is 1. The lowest BCUT2D eigenvalue weighted by molar-refractivity contribution is -0.139. The minimum absolute atomic E-state index is 0.111. The number of nitrogens with one attached hydrogen (secondary N) is 2. The third kappa shape index (κ3) is 5.14. The first-order chi connectivity index (χ1) is 13.9. The summed E-state index contributed by atoms with van der Waals surface area (Å²) in [5.74, 6) is 0.0589. The van der Waals surface area contributed by atoms with Gasteiger partial charge in [-0.2, -0.15) is 0 Å². The van der Waals surface area contributed by atoms with E-state index in [1.807, 2.05) is 36.6 Å². The molecule has 1 aliphatic rings. The Morgan fingerprint density at radius 2 is 2.10 bits per heavy atom. The van der Waals surface area contributed by atoms with Crippen molar-refractivity contribution in [3.8, 4) is 5.69 Å². The average molecular weight is 417 g/mol. The summed E-state index contributed by atoms with van der Waals surface area (Å²) in [5, 5.41) is 14.1. The molecule has 1 unspecified atom stereocenters. The molecule has 3 rings (SSSR count). The summed E-state index contributed by atoms with van der Waals surface area (Å²) in [6, 6.07) is 5.14. The van der Waals surface area contributed by atoms with Gasteiger partial charge in [0.2, 0.25) is 5.91 Å². The summed E-state index contributed by atoms with van der Waals surface area (Å²) in [7, 11) is 0. The zero-order chi connectivity index (χ0) is 21.0. The number of urea groups is 1. The Morgan fingerprint density at radius 3 is 2.83 bits per heavy atom. The quantitative estimate of drug-likeness (QED) is 0.520. The zero-order valence-electron chi connectivity index (χ0n) is 16.5. The predicted octanol–water partition coefficient (Wildman–Crippen LogP) is 1.68. The number of imide groups is 1. The fraction of sp³-hybridized carbons (Fsp3) is 0.421. The van der Waals surface area contributed by atoms with Crippen molar-refractivity contribution in [1.82, 2.24) is 25.4 Å². The van der Waals surface area contributed by atoms with E-state index in [1.54, 1.807) is 6.92 Å². The summed E-state index contributed by atoms with van der Waals surface area (Å²) >= 11 is 1.24. The fourth-order valence-corrected chi connectivity index (χ4v) is 3.83. The Kier molecular flexibility index (Phi) is 6.53. The van der Waals surface area contributed by atoms with Gasteiger partial charge in [-0.15, -0.1) is 10.2 Å². The number of amides is 3. The van der Waals surface area contributed by atoms with E-state index in [2.05, 4.69) is 20.8 Å². The van der Waals surface area contributed by atoms with Crippen molar-refractivity contribution in [2.24, 2.45) is 0 Å². The van der Waals surface area contributed by atoms with Gasteiger partial charge in [-0.1, -0.05) is 23.9 Å². The molecule has 0 aliphatic carbocycles. The van der Waals surface area contributed by atoms with E-state index < -0.39 is 6.03 Å². The van der Waals surface area contributed by atoms with Gasteiger partial charge in [0.25, 0.3) is 0 Å². The third-order valence-electron chi connectivity index (χ3n) is 4.38. The number of ether oxygens (including phenoxy) is 1. The van der Waals surface area contributed by atoms with E-state index in [-0.39, 0.29) is 30.1 Å². The zero-order valence-corrected chi connectivity index (χ0v) is 17.3. The molecule has 1 fully saturated rings. The lowest BCUT2D eigenvalue weighted by atomic mass is 10.1. The van der Waals surface area contributed by atoms with Gasteiger partial charge in [0, 0.05) is 18.9 Å². The SMILES string of the molecule is CCOC(=O)CSc1nnc(CC2CC(=O)NC(=O)N2)n1-c1cc(C)ccc1C. The van der Waals surface area contributed by atoms with Crippen LogP contribution in [-0.2, 0) is 20.7 Å². The molecule has 0 spiro atoms. The van der Waals surface area contributed by atoms with Gasteiger partial charge in [0.1, 0.15) is 5.82 Å². The minimum Gasteiger partial charge on any atom is -0.465 e. The molecule has 10 heteroatoms. The number of rotatable bonds is 7. The molecule has 29 heavy (non-hydrogen) atoms. The van der Waals surface area contributed by atoms with Gasteiger partial charge < -0.3 is 10.1 Å². The van der Waals surface area contributed by atoms with Gasteiger partial charge in [-0.25, -0.2) is 4.79 Å². The molecule has 2 N–H and O–H groups in total. The first kappa shape index (κ1) is 20.8. The van der Waals surface area contributed by atoms with Gasteiger partial charge in [-0.3, -0.25) is 19.5 Å². The van der Waals surface area contributed by atoms with Crippen molar-refractivity contribution in [3.05, 3.63) is 35.2 Å². The molecule has 2 aromatic rings. The lowest BCUT2D eigenvalue weighted by Gasteiger charge is -2.23. The number of carbonyl (C=O) groups is 3. The first-order valence-corrected chi connectivity index (χ1v) is 10.3. The van der Waals surface area contributed by atoms with Crippen molar-refractivity contribution in [2.75, 3.05) is 12.4 Å². The first-order valence-electron chi connectivity index (χ1n) is 9.28. The molecule has 0 saturated carbocycles. The van der Waals surface area contributed by atoms with Crippen LogP contribution in [0.3, 0.4) is 0 Å². The summed E-state index contributed by atoms with van der Waals surface area (Å²) in [4.78, 5) is 35.1. The smallest absolute Gasteiger partial charge is 0.321 e. The Balaban J connectivity index is 1.93. The van der Waals surface area contributed by atoms with Crippen LogP contribution in [0.4, 0.5) is 4.79 Å². The second-order valence-electron chi connectivity index (χ2n) is 6.74. The van der Waals surface area contributed by atoms with E-state index >= 15 is 0 Å². The molecule has 1 aromatic carbocycles. The van der Waals surface area contributed by atoms with Crippen LogP contribution in [0.1, 0.15) is 30.3 Å². The monoisotopic (exact) mass is 417 g/mol. The van der Waals surface area contributed by atoms with Gasteiger partial charge >= 0.3 is 12.0 Å². The van der Waals surface area contributed by atoms with Crippen molar-refractivity contribution >= 4 is 29.7 Å². The molecule has 2 heterocycles. The van der Waals surface area contributed by atoms with Crippen molar-refractivity contribution in [3.63, 3.8) is 0 Å². The van der Waals surface area contributed by atoms with Crippen LogP contribution in [0.15, 0.2) is 23.4 Å². The van der Waals surface area contributed by atoms with Crippen molar-refractivity contribution in [1.29, 1.82) is 0 Å². The molecular weight excluding hydrogens is 394 g/mol. The predicted molar refractivity (Wildman–Crippen MR) is 107 cm³/mol. The number of aryl methyl sites for hydroxylation is 2. The van der Waals surface area contributed by atoms with E-state index in [1.165, 1.54) is 11.8 Å². The molecular formula is C19H23N5O4S. The Labute approximate surface area is 172 Å². The molecule has 1 saturated heterocycles. The van der Waals surface area contributed by atoms with Crippen LogP contribution >= 0.6 is 11.8 Å². The minimum atomic E-state index is -0.513. The van der Waals surface area contributed by atoms with Crippen LogP contribution in [0.25, 0.3) is 5.69 Å². The molecule has 3 amide bonds. The van der Waals surface area contributed by atoms with Crippen molar-refractivity contribution in [2.45, 2.75) is 44.8 Å². The number of hydrogen-bond donors (Lipinski definition) is 2. The number of benzene rings is 1. The average Bonchev–Trinajstić information content (AvgIpc) is 3.03. The Bertz CT molecular complexity index is 927. The standard InChI is InChI=1S/C19H23N5O4S/c1-4-28-17(26)10-29-19-23-22-15(8-13-9-16(25)21-18(27)20-13)24(19)14-7-11(2)5-6-12(14)3/h5-7,13H,4,8-10H2,1-3H3,(H2,20,21,25,27). The normalized spacial score (nSPS) is 16.3. The Hall–Kier alpha value is -2.88. The maximum atomic E-state index is 11.8. The largest absolute Gasteiger partial charge is 0.465 e. The number of aromatic nitrogens is 3. The lowest BCUT2D eigenvalue weighted by Crippen LogP contribution is -2.53. The van der Waals surface area contributed by atoms with E-state index in [4.69, 9.17) is 4.74 Å². The highest BCUT2D eigenvalue weighted by atomic mass is 32.2. The van der Waals surface area contributed by atoms with Crippen LogP contribution in [0.5, 0.6) is 0 Å². The molecule has 0 bridgehead atoms. The highest BCUT2D eigenvalue weighted by Crippen LogP contribution is 2.26. The molecule has 1 atom stereocenters. The summed E-state index contributed by atoms with van der Waals surface area (Å²) in [6.45, 7) is 6.05. The van der Waals surface area contributed by atoms with Gasteiger partial charge in [0.05, 0.1) is 18.0 Å². The second kappa shape index (κ2) is 9.08. The van der Waals surface area contributed by atoms with Gasteiger partial charge in [0.15, 0.2) is 5.16 Å². The Morgan fingerprint density at radius 1 is 1.31 bits per heavy atom. The topological polar surface area (TPSA) is 115 Å². The maximum Gasteiger partial charge on any atom is 0.321 e. The van der Waals surface area contributed by atoms with E-state index in [9.17, 15) is 14.4 Å². The van der Waals surface area contributed by atoms with E-state index in [0.29, 0.717) is 24.0 Å². The van der Waals surface area contributed by atoms with Crippen molar-refractivity contribution < 1.29 is 19.1 Å². The molecule has 1 aliphatic heterocycles. The van der Waals surface area contributed by atoms with Gasteiger partial charge in [-0.05, 0) is 38.0 Å². The fourth-order valence-electron chi connectivity index (χ4n) is 3.07. The molecule has 1 aromatic heterocycles. The highest BCUT2D eigenvalue weighted by molar-refractivity contribution is 7.99. The second-order valence-corrected chi connectivity index (χ2v) is 7.69. The number of carbonyl (C=O) groups excluding carboxylic acids is 3. The van der Waals surface area contributed by atoms with Crippen LogP contribution < -0.4 is 10.6 Å². The summed E-state index contributed by atoms with van der Waals surface area (Å²) in [5.41, 5.74) is 2.97. The summed E-state index contributed by atoms with van der Waals surface area (Å²) in [6.07, 6.45) is 0.496. The molecule has 154 valence electrons. The van der Waals surface area contributed by atoms with E-state index in [0.717, 1.165) is 16.8 Å². The summed E-state index contributed by atoms with van der Waals surface area (Å²) < 4.78 is 6.87. The van der Waals surface area contributed by atoms with Crippen LogP contribution in [0.2, 0.25) is 0 Å². The maximum absolute atomic E-state index is 11.8. The third-order valence-corrected chi connectivity index (χ3v) is 5.28. The number of esters is 1. The molecule has 9 nitrogen and oxygen atoms in total. The number of nitrogens with zero attached hydrogens (tertiary/aromatic N) is 3. The number of hydrogen-bond acceptors (Lipinski definition) is 7. The highest BCUT2D eigenvalue weighted by Gasteiger charge is 2.27. The molecule has 0 radical (unpaired) electrons. The van der Waals surface area contributed by atoms with Crippen LogP contribution in [-0.4, -0.2) is 51.1 Å².